The quantitative estimate of drug-likeness (QED) is 0.181. The SMILES string of the molecule is CN(CCCCCCCCCN1CCC(OC(=O)Nc2ccccc2-c2ccccc2)CC1)C(=O)c1ccc(O)c(Cl)c1. The zero-order valence-corrected chi connectivity index (χ0v) is 25.9. The third-order valence-corrected chi connectivity index (χ3v) is 8.37. The number of ether oxygens (including phenoxy) is 1. The number of hydrogen-bond donors (Lipinski definition) is 2. The predicted octanol–water partition coefficient (Wildman–Crippen LogP) is 8.23. The van der Waals surface area contributed by atoms with E-state index in [0.717, 1.165) is 62.1 Å². The van der Waals surface area contributed by atoms with Gasteiger partial charge >= 0.3 is 6.09 Å². The van der Waals surface area contributed by atoms with Crippen molar-refractivity contribution in [1.82, 2.24) is 9.80 Å². The molecule has 1 saturated heterocycles. The number of likely N-dealkylation sites (tertiary alicyclic amines) is 1. The molecule has 0 radical (unpaired) electrons. The summed E-state index contributed by atoms with van der Waals surface area (Å²) in [5.41, 5.74) is 3.29. The van der Waals surface area contributed by atoms with Crippen LogP contribution in [0.15, 0.2) is 72.8 Å². The van der Waals surface area contributed by atoms with Gasteiger partial charge in [-0.05, 0) is 62.1 Å². The van der Waals surface area contributed by atoms with Crippen molar-refractivity contribution >= 4 is 29.3 Å². The molecule has 8 heteroatoms. The molecule has 3 aromatic rings. The number of piperidine rings is 1. The zero-order chi connectivity index (χ0) is 30.4. The molecule has 7 nitrogen and oxygen atoms in total. The maximum atomic E-state index is 12.7. The largest absolute Gasteiger partial charge is 0.506 e. The van der Waals surface area contributed by atoms with Crippen LogP contribution in [0.1, 0.15) is 68.1 Å². The first kappa shape index (κ1) is 32.4. The number of halogens is 1. The summed E-state index contributed by atoms with van der Waals surface area (Å²) in [4.78, 5) is 29.4. The van der Waals surface area contributed by atoms with Gasteiger partial charge in [0.2, 0.25) is 0 Å². The highest BCUT2D eigenvalue weighted by atomic mass is 35.5. The number of phenolic OH excluding ortho intramolecular Hbond substituents is 1. The van der Waals surface area contributed by atoms with E-state index in [4.69, 9.17) is 16.3 Å². The molecule has 1 aliphatic heterocycles. The molecule has 0 saturated carbocycles. The van der Waals surface area contributed by atoms with E-state index in [2.05, 4.69) is 10.2 Å². The highest BCUT2D eigenvalue weighted by Gasteiger charge is 2.22. The molecular formula is C35H44ClN3O4. The first-order valence-electron chi connectivity index (χ1n) is 15.5. The van der Waals surface area contributed by atoms with Gasteiger partial charge in [0.05, 0.1) is 10.7 Å². The summed E-state index contributed by atoms with van der Waals surface area (Å²) < 4.78 is 5.77. The Balaban J connectivity index is 1.02. The Morgan fingerprint density at radius 2 is 1.56 bits per heavy atom. The molecule has 0 unspecified atom stereocenters. The number of hydrogen-bond acceptors (Lipinski definition) is 5. The fraction of sp³-hybridized carbons (Fsp3) is 0.429. The van der Waals surface area contributed by atoms with Crippen LogP contribution in [0.4, 0.5) is 10.5 Å². The standard InChI is InChI=1S/C35H44ClN3O4/c1-38(34(41)28-18-19-33(40)31(36)26-28)22-12-5-3-2-4-6-13-23-39-24-20-29(21-25-39)43-35(42)37-32-17-11-10-16-30(32)27-14-8-7-9-15-27/h7-11,14-19,26,29,40H,2-6,12-13,20-25H2,1H3,(H,37,42). The fourth-order valence-corrected chi connectivity index (χ4v) is 5.71. The molecule has 2 N–H and O–H groups in total. The first-order chi connectivity index (χ1) is 20.9. The molecule has 230 valence electrons. The number of nitrogens with one attached hydrogen (secondary N) is 1. The summed E-state index contributed by atoms with van der Waals surface area (Å²) >= 11 is 5.93. The minimum atomic E-state index is -0.387. The summed E-state index contributed by atoms with van der Waals surface area (Å²) in [7, 11) is 1.80. The van der Waals surface area contributed by atoms with Crippen molar-refractivity contribution in [3.05, 3.63) is 83.4 Å². The molecule has 0 bridgehead atoms. The predicted molar refractivity (Wildman–Crippen MR) is 174 cm³/mol. The molecule has 3 aromatic carbocycles. The van der Waals surface area contributed by atoms with Crippen molar-refractivity contribution < 1.29 is 19.4 Å². The van der Waals surface area contributed by atoms with E-state index in [9.17, 15) is 14.7 Å². The van der Waals surface area contributed by atoms with Crippen molar-refractivity contribution in [2.24, 2.45) is 0 Å². The van der Waals surface area contributed by atoms with Crippen LogP contribution < -0.4 is 5.32 Å². The van der Waals surface area contributed by atoms with E-state index in [1.165, 1.54) is 44.2 Å². The molecule has 43 heavy (non-hydrogen) atoms. The van der Waals surface area contributed by atoms with Gasteiger partial charge in [-0.25, -0.2) is 4.79 Å². The number of unbranched alkanes of at least 4 members (excludes halogenated alkanes) is 6. The smallest absolute Gasteiger partial charge is 0.411 e. The average molecular weight is 606 g/mol. The van der Waals surface area contributed by atoms with Crippen molar-refractivity contribution in [2.75, 3.05) is 38.5 Å². The van der Waals surface area contributed by atoms with E-state index in [1.807, 2.05) is 54.6 Å². The van der Waals surface area contributed by atoms with Gasteiger partial charge in [-0.3, -0.25) is 10.1 Å². The van der Waals surface area contributed by atoms with Gasteiger partial charge in [-0.1, -0.05) is 92.2 Å². The van der Waals surface area contributed by atoms with Gasteiger partial charge in [-0.2, -0.15) is 0 Å². The monoisotopic (exact) mass is 605 g/mol. The van der Waals surface area contributed by atoms with Crippen LogP contribution in [0.3, 0.4) is 0 Å². The third kappa shape index (κ3) is 10.3. The highest BCUT2D eigenvalue weighted by Crippen LogP contribution is 2.28. The van der Waals surface area contributed by atoms with Crippen LogP contribution in [0.25, 0.3) is 11.1 Å². The lowest BCUT2D eigenvalue weighted by molar-refractivity contribution is 0.0584. The van der Waals surface area contributed by atoms with Gasteiger partial charge in [0.1, 0.15) is 11.9 Å². The molecule has 2 amide bonds. The number of carbonyl (C=O) groups is 2. The van der Waals surface area contributed by atoms with Crippen LogP contribution in [-0.2, 0) is 4.74 Å². The normalized spacial score (nSPS) is 13.9. The van der Waals surface area contributed by atoms with Crippen LogP contribution in [-0.4, -0.2) is 66.2 Å². The van der Waals surface area contributed by atoms with Crippen molar-refractivity contribution in [3.63, 3.8) is 0 Å². The van der Waals surface area contributed by atoms with E-state index >= 15 is 0 Å². The lowest BCUT2D eigenvalue weighted by Crippen LogP contribution is -2.38. The number of amides is 2. The number of nitrogens with zero attached hydrogens (tertiary/aromatic N) is 2. The molecule has 1 heterocycles. The fourth-order valence-electron chi connectivity index (χ4n) is 5.53. The number of rotatable bonds is 14. The minimum absolute atomic E-state index is 0.0150. The molecule has 0 spiro atoms. The second kappa shape index (κ2) is 16.9. The number of carbonyl (C=O) groups excluding carboxylic acids is 2. The number of phenols is 1. The van der Waals surface area contributed by atoms with Gasteiger partial charge in [0, 0.05) is 37.8 Å². The summed E-state index contributed by atoms with van der Waals surface area (Å²) in [5, 5.41) is 12.7. The Bertz CT molecular complexity index is 1310. The Morgan fingerprint density at radius 1 is 0.907 bits per heavy atom. The Labute approximate surface area is 260 Å². The molecule has 4 rings (SSSR count). The lowest BCUT2D eigenvalue weighted by atomic mass is 10.0. The molecule has 0 aromatic heterocycles. The van der Waals surface area contributed by atoms with Crippen LogP contribution in [0.5, 0.6) is 5.75 Å². The van der Waals surface area contributed by atoms with E-state index in [-0.39, 0.29) is 28.9 Å². The number of benzene rings is 3. The Hall–Kier alpha value is -3.55. The van der Waals surface area contributed by atoms with Crippen LogP contribution in [0, 0.1) is 0 Å². The molecule has 0 atom stereocenters. The number of aromatic hydroxyl groups is 1. The molecule has 1 aliphatic rings. The van der Waals surface area contributed by atoms with E-state index < -0.39 is 0 Å². The second-order valence-electron chi connectivity index (χ2n) is 11.4. The minimum Gasteiger partial charge on any atom is -0.506 e. The Kier molecular flexibility index (Phi) is 12.7. The van der Waals surface area contributed by atoms with Crippen LogP contribution in [0.2, 0.25) is 5.02 Å². The lowest BCUT2D eigenvalue weighted by Gasteiger charge is -2.31. The maximum absolute atomic E-state index is 12.7. The summed E-state index contributed by atoms with van der Waals surface area (Å²) in [6.07, 6.45) is 9.40. The maximum Gasteiger partial charge on any atom is 0.411 e. The van der Waals surface area contributed by atoms with Gasteiger partial charge in [-0.15, -0.1) is 0 Å². The first-order valence-corrected chi connectivity index (χ1v) is 15.9. The molecule has 1 fully saturated rings. The summed E-state index contributed by atoms with van der Waals surface area (Å²) in [5.74, 6) is -0.0934. The summed E-state index contributed by atoms with van der Waals surface area (Å²) in [6, 6.07) is 22.4. The highest BCUT2D eigenvalue weighted by molar-refractivity contribution is 6.32. The third-order valence-electron chi connectivity index (χ3n) is 8.07. The second-order valence-corrected chi connectivity index (χ2v) is 11.8. The summed E-state index contributed by atoms with van der Waals surface area (Å²) in [6.45, 7) is 3.72. The van der Waals surface area contributed by atoms with Crippen molar-refractivity contribution in [3.8, 4) is 16.9 Å². The van der Waals surface area contributed by atoms with E-state index in [0.29, 0.717) is 12.1 Å². The van der Waals surface area contributed by atoms with Crippen LogP contribution >= 0.6 is 11.6 Å². The van der Waals surface area contributed by atoms with Crippen molar-refractivity contribution in [1.29, 1.82) is 0 Å². The topological polar surface area (TPSA) is 82.1 Å². The molecule has 0 aliphatic carbocycles. The Morgan fingerprint density at radius 3 is 2.28 bits per heavy atom. The number of para-hydroxylation sites is 1. The van der Waals surface area contributed by atoms with Gasteiger partial charge in [0.25, 0.3) is 5.91 Å². The van der Waals surface area contributed by atoms with E-state index in [1.54, 1.807) is 18.0 Å². The molecular weight excluding hydrogens is 562 g/mol. The van der Waals surface area contributed by atoms with Gasteiger partial charge < -0.3 is 19.6 Å². The van der Waals surface area contributed by atoms with Gasteiger partial charge in [0.15, 0.2) is 0 Å². The number of anilines is 1. The zero-order valence-electron chi connectivity index (χ0n) is 25.1. The average Bonchev–Trinajstić information content (AvgIpc) is 3.02. The van der Waals surface area contributed by atoms with Crippen molar-refractivity contribution in [2.45, 2.75) is 63.9 Å².